The van der Waals surface area contributed by atoms with Crippen LogP contribution in [0.3, 0.4) is 0 Å². The van der Waals surface area contributed by atoms with Gasteiger partial charge in [0.1, 0.15) is 12.1 Å². The van der Waals surface area contributed by atoms with E-state index in [4.69, 9.17) is 5.11 Å². The number of carbonyl (C=O) groups excluding carboxylic acids is 2. The van der Waals surface area contributed by atoms with Gasteiger partial charge < -0.3 is 25.7 Å². The van der Waals surface area contributed by atoms with Crippen molar-refractivity contribution >= 4 is 17.8 Å². The first-order chi connectivity index (χ1) is 9.90. The van der Waals surface area contributed by atoms with Gasteiger partial charge in [-0.1, -0.05) is 0 Å². The van der Waals surface area contributed by atoms with Gasteiger partial charge in [-0.15, -0.1) is 0 Å². The van der Waals surface area contributed by atoms with E-state index in [-0.39, 0.29) is 5.91 Å². The van der Waals surface area contributed by atoms with E-state index in [2.05, 4.69) is 10.6 Å². The Hall–Kier alpha value is -1.67. The fraction of sp³-hybridized carbons (Fsp3) is 0.769. The van der Waals surface area contributed by atoms with Crippen molar-refractivity contribution in [3.05, 3.63) is 0 Å². The lowest BCUT2D eigenvalue weighted by atomic mass is 10.1. The molecule has 8 heteroatoms. The summed E-state index contributed by atoms with van der Waals surface area (Å²) in [4.78, 5) is 36.8. The number of likely N-dealkylation sites (tertiary alicyclic amines) is 1. The molecular weight excluding hydrogens is 278 g/mol. The predicted octanol–water partition coefficient (Wildman–Crippen LogP) is -1.71. The molecule has 0 saturated carbocycles. The Morgan fingerprint density at radius 2 is 2.10 bits per heavy atom. The predicted molar refractivity (Wildman–Crippen MR) is 72.4 cm³/mol. The third-order valence-electron chi connectivity index (χ3n) is 3.97. The molecule has 8 nitrogen and oxygen atoms in total. The third kappa shape index (κ3) is 3.51. The third-order valence-corrected chi connectivity index (χ3v) is 3.97. The minimum Gasteiger partial charge on any atom is -0.480 e. The maximum Gasteiger partial charge on any atom is 0.325 e. The van der Waals surface area contributed by atoms with Crippen LogP contribution in [0.2, 0.25) is 0 Å². The number of carbonyl (C=O) groups is 3. The van der Waals surface area contributed by atoms with Crippen molar-refractivity contribution in [1.29, 1.82) is 0 Å². The second kappa shape index (κ2) is 6.40. The quantitative estimate of drug-likeness (QED) is 0.491. The molecule has 2 amide bonds. The van der Waals surface area contributed by atoms with Gasteiger partial charge in [0, 0.05) is 13.1 Å². The van der Waals surface area contributed by atoms with Crippen LogP contribution in [0.15, 0.2) is 0 Å². The highest BCUT2D eigenvalue weighted by atomic mass is 16.4. The maximum absolute atomic E-state index is 12.4. The van der Waals surface area contributed by atoms with Crippen LogP contribution >= 0.6 is 0 Å². The Bertz CT molecular complexity index is 442. The lowest BCUT2D eigenvalue weighted by Crippen LogP contribution is -2.53. The van der Waals surface area contributed by atoms with Crippen LogP contribution in [0.25, 0.3) is 0 Å². The average Bonchev–Trinajstić information content (AvgIpc) is 3.06. The van der Waals surface area contributed by atoms with E-state index in [0.717, 1.165) is 0 Å². The van der Waals surface area contributed by atoms with Crippen molar-refractivity contribution in [2.45, 2.75) is 50.4 Å². The number of hydrogen-bond acceptors (Lipinski definition) is 5. The number of aliphatic hydroxyl groups excluding tert-OH is 1. The highest BCUT2D eigenvalue weighted by Crippen LogP contribution is 2.21. The van der Waals surface area contributed by atoms with Gasteiger partial charge in [0.2, 0.25) is 11.8 Å². The number of nitrogens with zero attached hydrogens (tertiary/aromatic N) is 1. The van der Waals surface area contributed by atoms with E-state index in [1.165, 1.54) is 11.8 Å². The molecule has 0 bridgehead atoms. The monoisotopic (exact) mass is 299 g/mol. The van der Waals surface area contributed by atoms with Crippen LogP contribution in [0.1, 0.15) is 26.2 Å². The molecule has 2 aliphatic rings. The minimum atomic E-state index is -1.11. The second-order valence-corrected chi connectivity index (χ2v) is 5.61. The summed E-state index contributed by atoms with van der Waals surface area (Å²) in [5.74, 6) is -1.75. The molecule has 4 atom stereocenters. The first kappa shape index (κ1) is 15.7. The topological polar surface area (TPSA) is 119 Å². The molecule has 2 rings (SSSR count). The molecule has 21 heavy (non-hydrogen) atoms. The Morgan fingerprint density at radius 1 is 1.38 bits per heavy atom. The zero-order valence-corrected chi connectivity index (χ0v) is 11.9. The fourth-order valence-electron chi connectivity index (χ4n) is 2.78. The molecule has 2 aliphatic heterocycles. The number of amides is 2. The summed E-state index contributed by atoms with van der Waals surface area (Å²) in [5.41, 5.74) is 0. The molecule has 2 heterocycles. The highest BCUT2D eigenvalue weighted by molar-refractivity contribution is 5.92. The lowest BCUT2D eigenvalue weighted by Gasteiger charge is -2.27. The largest absolute Gasteiger partial charge is 0.480 e. The lowest BCUT2D eigenvalue weighted by molar-refractivity contribution is -0.143. The van der Waals surface area contributed by atoms with Gasteiger partial charge in [-0.25, -0.2) is 0 Å². The summed E-state index contributed by atoms with van der Waals surface area (Å²) in [6.07, 6.45) is 1.04. The number of carboxylic acid groups (broad SMARTS) is 1. The number of aliphatic carboxylic acids is 1. The zero-order valence-electron chi connectivity index (χ0n) is 11.9. The summed E-state index contributed by atoms with van der Waals surface area (Å²) < 4.78 is 0. The maximum atomic E-state index is 12.4. The van der Waals surface area contributed by atoms with Crippen LogP contribution in [-0.4, -0.2) is 70.2 Å². The summed E-state index contributed by atoms with van der Waals surface area (Å²) in [5, 5.41) is 23.6. The van der Waals surface area contributed by atoms with Gasteiger partial charge in [-0.05, 0) is 26.2 Å². The normalized spacial score (nSPS) is 30.2. The van der Waals surface area contributed by atoms with E-state index >= 15 is 0 Å². The van der Waals surface area contributed by atoms with Gasteiger partial charge in [0.25, 0.3) is 0 Å². The van der Waals surface area contributed by atoms with E-state index in [0.29, 0.717) is 32.4 Å². The van der Waals surface area contributed by atoms with Gasteiger partial charge in [0.05, 0.1) is 12.1 Å². The first-order valence-corrected chi connectivity index (χ1v) is 7.15. The molecule has 0 radical (unpaired) electrons. The molecule has 118 valence electrons. The van der Waals surface area contributed by atoms with Crippen molar-refractivity contribution in [2.24, 2.45) is 0 Å². The van der Waals surface area contributed by atoms with Crippen LogP contribution in [-0.2, 0) is 14.4 Å². The molecule has 2 saturated heterocycles. The number of aliphatic hydroxyl groups is 1. The number of nitrogens with one attached hydrogen (secondary N) is 2. The summed E-state index contributed by atoms with van der Waals surface area (Å²) in [7, 11) is 0. The first-order valence-electron chi connectivity index (χ1n) is 7.15. The number of hydrogen-bond donors (Lipinski definition) is 4. The SMILES string of the molecule is C[C@H](NC(=O)[C@@H]1CCCN1C(=O)[C@@H]1C[C@@H](O)CN1)C(=O)O. The van der Waals surface area contributed by atoms with Crippen LogP contribution in [0.4, 0.5) is 0 Å². The Balaban J connectivity index is 1.98. The second-order valence-electron chi connectivity index (χ2n) is 5.61. The zero-order chi connectivity index (χ0) is 15.6. The van der Waals surface area contributed by atoms with Crippen molar-refractivity contribution in [1.82, 2.24) is 15.5 Å². The molecule has 0 spiro atoms. The standard InChI is InChI=1S/C13H21N3O5/c1-7(13(20)21)15-11(18)10-3-2-4-16(10)12(19)9-5-8(17)6-14-9/h7-10,14,17H,2-6H2,1H3,(H,15,18)(H,20,21)/t7-,8+,9-,10-/m0/s1. The summed E-state index contributed by atoms with van der Waals surface area (Å²) in [6, 6.07) is -2.08. The van der Waals surface area contributed by atoms with Gasteiger partial charge >= 0.3 is 5.97 Å². The molecular formula is C13H21N3O5. The summed E-state index contributed by atoms with van der Waals surface area (Å²) in [6.45, 7) is 2.24. The van der Waals surface area contributed by atoms with Crippen molar-refractivity contribution < 1.29 is 24.6 Å². The molecule has 2 fully saturated rings. The molecule has 0 aromatic rings. The van der Waals surface area contributed by atoms with E-state index in [9.17, 15) is 19.5 Å². The minimum absolute atomic E-state index is 0.202. The smallest absolute Gasteiger partial charge is 0.325 e. The van der Waals surface area contributed by atoms with Crippen molar-refractivity contribution in [3.8, 4) is 0 Å². The Morgan fingerprint density at radius 3 is 2.67 bits per heavy atom. The highest BCUT2D eigenvalue weighted by Gasteiger charge is 2.39. The van der Waals surface area contributed by atoms with E-state index < -0.39 is 36.1 Å². The van der Waals surface area contributed by atoms with E-state index in [1.54, 1.807) is 0 Å². The Kier molecular flexibility index (Phi) is 4.79. The molecule has 0 aromatic heterocycles. The van der Waals surface area contributed by atoms with Crippen LogP contribution < -0.4 is 10.6 Å². The van der Waals surface area contributed by atoms with Gasteiger partial charge in [-0.3, -0.25) is 14.4 Å². The molecule has 4 N–H and O–H groups in total. The molecule has 0 unspecified atom stereocenters. The van der Waals surface area contributed by atoms with Gasteiger partial charge in [-0.2, -0.15) is 0 Å². The fourth-order valence-corrected chi connectivity index (χ4v) is 2.78. The van der Waals surface area contributed by atoms with Crippen LogP contribution in [0.5, 0.6) is 0 Å². The van der Waals surface area contributed by atoms with E-state index in [1.807, 2.05) is 0 Å². The number of rotatable bonds is 4. The number of β-amino-alcohol motifs (C(OH)–C–C–N with tert-alkyl or cyclic N) is 1. The van der Waals surface area contributed by atoms with Gasteiger partial charge in [0.15, 0.2) is 0 Å². The molecule has 0 aliphatic carbocycles. The summed E-state index contributed by atoms with van der Waals surface area (Å²) >= 11 is 0. The molecule has 0 aromatic carbocycles. The van der Waals surface area contributed by atoms with Crippen LogP contribution in [0, 0.1) is 0 Å². The average molecular weight is 299 g/mol. The Labute approximate surface area is 122 Å². The van der Waals surface area contributed by atoms with Crippen molar-refractivity contribution in [2.75, 3.05) is 13.1 Å². The number of carboxylic acids is 1. The van der Waals surface area contributed by atoms with Crippen molar-refractivity contribution in [3.63, 3.8) is 0 Å².